The average molecular weight is 466 g/mol. The second-order valence-corrected chi connectivity index (χ2v) is 8.69. The van der Waals surface area contributed by atoms with Gasteiger partial charge in [0.1, 0.15) is 18.8 Å². The molecule has 0 saturated carbocycles. The van der Waals surface area contributed by atoms with Crippen LogP contribution in [0.15, 0.2) is 48.6 Å². The number of allylic oxidation sites excluding steroid dienone is 8. The molecular weight excluding hydrogens is 422 g/mol. The number of hydrogen-bond donors (Lipinski definition) is 1. The van der Waals surface area contributed by atoms with Crippen molar-refractivity contribution >= 4 is 11.9 Å². The molecule has 2 unspecified atom stereocenters. The van der Waals surface area contributed by atoms with Gasteiger partial charge in [-0.1, -0.05) is 55.5 Å². The maximum Gasteiger partial charge on any atom is 0.306 e. The van der Waals surface area contributed by atoms with Crippen LogP contribution in [0.4, 0.5) is 0 Å². The minimum absolute atomic E-state index is 0.0267. The number of aliphatic hydroxyl groups excluding tert-OH is 1. The lowest BCUT2D eigenvalue weighted by Crippen LogP contribution is -2.55. The first kappa shape index (κ1) is 30.8. The van der Waals surface area contributed by atoms with Gasteiger partial charge in [-0.05, 0) is 32.1 Å². The zero-order valence-corrected chi connectivity index (χ0v) is 20.8. The van der Waals surface area contributed by atoms with Crippen LogP contribution in [-0.4, -0.2) is 74.6 Å². The molecule has 0 aliphatic heterocycles. The molecule has 0 aromatic carbocycles. The molecule has 0 radical (unpaired) electrons. The van der Waals surface area contributed by atoms with E-state index in [0.717, 1.165) is 25.7 Å². The van der Waals surface area contributed by atoms with E-state index in [0.29, 0.717) is 6.42 Å². The molecule has 0 heterocycles. The fraction of sp³-hybridized carbons (Fsp3) is 0.615. The highest BCUT2D eigenvalue weighted by molar-refractivity contribution is 5.70. The molecule has 33 heavy (non-hydrogen) atoms. The highest BCUT2D eigenvalue weighted by atomic mass is 16.5. The number of esters is 1. The lowest BCUT2D eigenvalue weighted by atomic mass is 10.1. The molecule has 0 rings (SSSR count). The number of carbonyl (C=O) groups is 2. The zero-order valence-electron chi connectivity index (χ0n) is 20.8. The number of aliphatic carboxylic acids is 1. The second-order valence-electron chi connectivity index (χ2n) is 8.69. The SMILES string of the molecule is CC/C=C\C/C=C\C/C=C\C/C=C\CCC(=O)OCC(O)COCCC(C(=O)[O-])[N+](C)(C)C. The van der Waals surface area contributed by atoms with Crippen molar-refractivity contribution in [2.45, 2.75) is 64.0 Å². The second kappa shape index (κ2) is 19.3. The Morgan fingerprint density at radius 1 is 0.909 bits per heavy atom. The predicted molar refractivity (Wildman–Crippen MR) is 129 cm³/mol. The molecule has 0 aromatic heterocycles. The number of carbonyl (C=O) groups excluding carboxylic acids is 2. The third kappa shape index (κ3) is 19.0. The predicted octanol–water partition coefficient (Wildman–Crippen LogP) is 2.71. The van der Waals surface area contributed by atoms with Crippen LogP contribution in [0.1, 0.15) is 51.9 Å². The summed E-state index contributed by atoms with van der Waals surface area (Å²) in [7, 11) is 5.31. The van der Waals surface area contributed by atoms with Crippen molar-refractivity contribution in [1.82, 2.24) is 0 Å². The van der Waals surface area contributed by atoms with Crippen molar-refractivity contribution in [2.75, 3.05) is 41.0 Å². The number of aliphatic hydroxyl groups is 1. The number of rotatable bonds is 19. The van der Waals surface area contributed by atoms with Crippen LogP contribution in [-0.2, 0) is 19.1 Å². The smallest absolute Gasteiger partial charge is 0.306 e. The van der Waals surface area contributed by atoms with E-state index in [1.165, 1.54) is 0 Å². The number of ether oxygens (including phenoxy) is 2. The lowest BCUT2D eigenvalue weighted by molar-refractivity contribution is -0.889. The minimum atomic E-state index is -1.13. The van der Waals surface area contributed by atoms with E-state index < -0.39 is 18.1 Å². The van der Waals surface area contributed by atoms with Gasteiger partial charge in [-0.2, -0.15) is 0 Å². The monoisotopic (exact) mass is 465 g/mol. The number of quaternary nitrogens is 1. The minimum Gasteiger partial charge on any atom is -0.544 e. The van der Waals surface area contributed by atoms with Gasteiger partial charge < -0.3 is 29.0 Å². The van der Waals surface area contributed by atoms with E-state index in [9.17, 15) is 19.8 Å². The first-order chi connectivity index (χ1) is 15.7. The summed E-state index contributed by atoms with van der Waals surface area (Å²) in [6, 6.07) is -0.696. The Kier molecular flexibility index (Phi) is 18.0. The van der Waals surface area contributed by atoms with E-state index in [-0.39, 0.29) is 43.1 Å². The summed E-state index contributed by atoms with van der Waals surface area (Å²) in [5, 5.41) is 21.0. The summed E-state index contributed by atoms with van der Waals surface area (Å²) in [5.74, 6) is -1.51. The Morgan fingerprint density at radius 3 is 1.97 bits per heavy atom. The van der Waals surface area contributed by atoms with Gasteiger partial charge in [0.15, 0.2) is 0 Å². The van der Waals surface area contributed by atoms with E-state index >= 15 is 0 Å². The third-order valence-electron chi connectivity index (χ3n) is 4.72. The van der Waals surface area contributed by atoms with E-state index in [1.54, 1.807) is 21.1 Å². The Bertz CT molecular complexity index is 646. The molecule has 0 aliphatic carbocycles. The molecule has 0 bridgehead atoms. The van der Waals surface area contributed by atoms with E-state index in [1.807, 2.05) is 12.2 Å². The summed E-state index contributed by atoms with van der Waals surface area (Å²) in [6.45, 7) is 2.12. The molecule has 7 nitrogen and oxygen atoms in total. The highest BCUT2D eigenvalue weighted by Crippen LogP contribution is 2.07. The van der Waals surface area contributed by atoms with Crippen LogP contribution in [0.2, 0.25) is 0 Å². The first-order valence-corrected chi connectivity index (χ1v) is 11.7. The number of hydrogen-bond acceptors (Lipinski definition) is 6. The van der Waals surface area contributed by atoms with Crippen molar-refractivity contribution in [1.29, 1.82) is 0 Å². The van der Waals surface area contributed by atoms with Crippen molar-refractivity contribution < 1.29 is 33.8 Å². The van der Waals surface area contributed by atoms with Crippen LogP contribution >= 0.6 is 0 Å². The van der Waals surface area contributed by atoms with Gasteiger partial charge in [0, 0.05) is 12.8 Å². The van der Waals surface area contributed by atoms with E-state index in [4.69, 9.17) is 9.47 Å². The molecule has 0 aromatic rings. The maximum absolute atomic E-state index is 11.7. The Morgan fingerprint density at radius 2 is 1.45 bits per heavy atom. The third-order valence-corrected chi connectivity index (χ3v) is 4.72. The molecule has 188 valence electrons. The van der Waals surface area contributed by atoms with Crippen molar-refractivity contribution in [3.63, 3.8) is 0 Å². The van der Waals surface area contributed by atoms with Crippen LogP contribution in [0.25, 0.3) is 0 Å². The summed E-state index contributed by atoms with van der Waals surface area (Å²) in [6.07, 6.45) is 20.7. The van der Waals surface area contributed by atoms with Gasteiger partial charge in [0.05, 0.1) is 40.3 Å². The summed E-state index contributed by atoms with van der Waals surface area (Å²) < 4.78 is 10.6. The number of likely N-dealkylation sites (N-methyl/N-ethyl adjacent to an activating group) is 1. The fourth-order valence-electron chi connectivity index (χ4n) is 2.84. The standard InChI is InChI=1S/C26H43NO6/c1-5-6-7-8-9-10-11-12-13-14-15-16-17-18-25(29)33-22-23(28)21-32-20-19-24(26(30)31)27(2,3)4/h6-7,9-10,12-13,15-16,23-24,28H,5,8,11,14,17-22H2,1-4H3/b7-6-,10-9-,13-12-,16-15-. The fourth-order valence-corrected chi connectivity index (χ4v) is 2.84. The highest BCUT2D eigenvalue weighted by Gasteiger charge is 2.24. The summed E-state index contributed by atoms with van der Waals surface area (Å²) in [4.78, 5) is 22.9. The van der Waals surface area contributed by atoms with Crippen LogP contribution < -0.4 is 5.11 Å². The molecule has 2 atom stereocenters. The number of carboxylic acids is 1. The first-order valence-electron chi connectivity index (χ1n) is 11.7. The van der Waals surface area contributed by atoms with E-state index in [2.05, 4.69) is 43.4 Å². The normalized spacial score (nSPS) is 14.6. The maximum atomic E-state index is 11.7. The lowest BCUT2D eigenvalue weighted by Gasteiger charge is -2.34. The Hall–Kier alpha value is -2.22. The average Bonchev–Trinajstić information content (AvgIpc) is 2.74. The van der Waals surface area contributed by atoms with Crippen LogP contribution in [0.3, 0.4) is 0 Å². The number of nitrogens with zero attached hydrogens (tertiary/aromatic N) is 1. The quantitative estimate of drug-likeness (QED) is 0.136. The Labute approximate surface area is 199 Å². The van der Waals surface area contributed by atoms with Crippen molar-refractivity contribution in [2.24, 2.45) is 0 Å². The molecule has 0 amide bonds. The molecule has 7 heteroatoms. The molecular formula is C26H43NO6. The van der Waals surface area contributed by atoms with Gasteiger partial charge >= 0.3 is 5.97 Å². The van der Waals surface area contributed by atoms with Gasteiger partial charge in [-0.25, -0.2) is 0 Å². The molecule has 0 spiro atoms. The van der Waals surface area contributed by atoms with Gasteiger partial charge in [0.2, 0.25) is 0 Å². The van der Waals surface area contributed by atoms with Crippen molar-refractivity contribution in [3.8, 4) is 0 Å². The van der Waals surface area contributed by atoms with Gasteiger partial charge in [-0.15, -0.1) is 0 Å². The molecule has 0 saturated heterocycles. The van der Waals surface area contributed by atoms with Crippen molar-refractivity contribution in [3.05, 3.63) is 48.6 Å². The van der Waals surface area contributed by atoms with Crippen LogP contribution in [0.5, 0.6) is 0 Å². The number of carboxylic acid groups (broad SMARTS) is 1. The zero-order chi connectivity index (χ0) is 25.0. The topological polar surface area (TPSA) is 95.9 Å². The largest absolute Gasteiger partial charge is 0.544 e. The molecule has 0 aliphatic rings. The molecule has 1 N–H and O–H groups in total. The summed E-state index contributed by atoms with van der Waals surface area (Å²) in [5.41, 5.74) is 0. The Balaban J connectivity index is 3.80. The molecule has 0 fully saturated rings. The van der Waals surface area contributed by atoms with Gasteiger partial charge in [0.25, 0.3) is 0 Å². The van der Waals surface area contributed by atoms with Gasteiger partial charge in [-0.3, -0.25) is 4.79 Å². The summed E-state index contributed by atoms with van der Waals surface area (Å²) >= 11 is 0. The van der Waals surface area contributed by atoms with Crippen LogP contribution in [0, 0.1) is 0 Å².